The number of nitrogens with zero attached hydrogens (tertiary/aromatic N) is 7. The number of anilines is 1. The topological polar surface area (TPSA) is 72.1 Å². The van der Waals surface area contributed by atoms with Crippen LogP contribution in [-0.4, -0.2) is 43.1 Å². The summed E-state index contributed by atoms with van der Waals surface area (Å²) in [6.07, 6.45) is 5.48. The highest BCUT2D eigenvalue weighted by molar-refractivity contribution is 5.43. The van der Waals surface area contributed by atoms with E-state index in [4.69, 9.17) is 5.10 Å². The summed E-state index contributed by atoms with van der Waals surface area (Å²) in [4.78, 5) is 2.36. The van der Waals surface area contributed by atoms with Crippen molar-refractivity contribution >= 4 is 11.5 Å². The number of hydrogen-bond acceptors (Lipinski definition) is 6. The van der Waals surface area contributed by atoms with Crippen LogP contribution in [0.15, 0.2) is 18.2 Å². The molecular weight excluding hydrogens is 350 g/mol. The summed E-state index contributed by atoms with van der Waals surface area (Å²) in [5.41, 5.74) is 4.47. The van der Waals surface area contributed by atoms with Gasteiger partial charge >= 0.3 is 0 Å². The van der Waals surface area contributed by atoms with Gasteiger partial charge in [-0.3, -0.25) is 0 Å². The lowest BCUT2D eigenvalue weighted by Crippen LogP contribution is -2.34. The predicted molar refractivity (Wildman–Crippen MR) is 108 cm³/mol. The Balaban J connectivity index is 1.35. The van der Waals surface area contributed by atoms with E-state index in [1.165, 1.54) is 17.7 Å². The van der Waals surface area contributed by atoms with E-state index in [-0.39, 0.29) is 5.41 Å². The van der Waals surface area contributed by atoms with Gasteiger partial charge in [0.15, 0.2) is 17.3 Å². The summed E-state index contributed by atoms with van der Waals surface area (Å²) in [7, 11) is 0. The predicted octanol–water partition coefficient (Wildman–Crippen LogP) is 3.08. The summed E-state index contributed by atoms with van der Waals surface area (Å²) < 4.78 is 1.95. The van der Waals surface area contributed by atoms with Gasteiger partial charge in [0.1, 0.15) is 0 Å². The highest BCUT2D eigenvalue weighted by atomic mass is 15.4. The monoisotopic (exact) mass is 377 g/mol. The Hall–Kier alpha value is -2.57. The molecule has 0 radical (unpaired) electrons. The molecule has 1 aliphatic carbocycles. The molecule has 0 aromatic carbocycles. The van der Waals surface area contributed by atoms with Crippen LogP contribution in [-0.2, 0) is 18.3 Å². The first-order chi connectivity index (χ1) is 13.5. The molecule has 28 heavy (non-hydrogen) atoms. The fraction of sp³-hybridized carbons (Fsp3) is 0.571. The normalized spacial score (nSPS) is 18.0. The second kappa shape index (κ2) is 6.50. The van der Waals surface area contributed by atoms with Gasteiger partial charge in [-0.1, -0.05) is 20.8 Å². The zero-order valence-electron chi connectivity index (χ0n) is 16.9. The summed E-state index contributed by atoms with van der Waals surface area (Å²) in [6.45, 7) is 8.47. The number of fused-ring (bicyclic) bond motifs is 2. The van der Waals surface area contributed by atoms with Gasteiger partial charge in [-0.15, -0.1) is 15.3 Å². The third kappa shape index (κ3) is 3.02. The molecule has 0 atom stereocenters. The van der Waals surface area contributed by atoms with Gasteiger partial charge in [-0.2, -0.15) is 14.7 Å². The molecule has 0 bridgehead atoms. The lowest BCUT2D eigenvalue weighted by atomic mass is 9.92. The molecule has 1 saturated heterocycles. The zero-order chi connectivity index (χ0) is 19.3. The zero-order valence-corrected chi connectivity index (χ0v) is 16.9. The lowest BCUT2D eigenvalue weighted by molar-refractivity contribution is 0.469. The number of piperidine rings is 1. The first-order valence-electron chi connectivity index (χ1n) is 10.3. The molecule has 1 aliphatic heterocycles. The molecule has 146 valence electrons. The van der Waals surface area contributed by atoms with Crippen molar-refractivity contribution in [3.63, 3.8) is 0 Å². The van der Waals surface area contributed by atoms with Gasteiger partial charge in [0.2, 0.25) is 0 Å². The van der Waals surface area contributed by atoms with Gasteiger partial charge in [0.25, 0.3) is 0 Å². The first kappa shape index (κ1) is 17.5. The fourth-order valence-corrected chi connectivity index (χ4v) is 4.30. The molecular formula is C21H27N7. The van der Waals surface area contributed by atoms with Crippen molar-refractivity contribution in [1.29, 1.82) is 0 Å². The van der Waals surface area contributed by atoms with Crippen molar-refractivity contribution in [2.24, 2.45) is 0 Å². The minimum absolute atomic E-state index is 0.00529. The van der Waals surface area contributed by atoms with E-state index < -0.39 is 0 Å². The molecule has 0 unspecified atom stereocenters. The summed E-state index contributed by atoms with van der Waals surface area (Å²) in [6, 6.07) is 6.33. The molecule has 0 amide bonds. The van der Waals surface area contributed by atoms with E-state index in [0.29, 0.717) is 5.92 Å². The van der Waals surface area contributed by atoms with Gasteiger partial charge in [0, 0.05) is 24.4 Å². The van der Waals surface area contributed by atoms with Crippen LogP contribution in [0.2, 0.25) is 0 Å². The fourth-order valence-electron chi connectivity index (χ4n) is 4.30. The van der Waals surface area contributed by atoms with E-state index in [9.17, 15) is 0 Å². The summed E-state index contributed by atoms with van der Waals surface area (Å²) >= 11 is 0. The molecule has 1 fully saturated rings. The standard InChI is InChI=1S/C21H27N7/c1-21(2,3)17-7-8-18-23-25-20(28(18)26-17)14-9-11-27(12-10-14)19-13-15-5-4-6-16(15)22-24-19/h7-8,13-14H,4-6,9-12H2,1-3H3. The van der Waals surface area contributed by atoms with E-state index in [0.717, 1.165) is 61.8 Å². The number of aromatic nitrogens is 6. The van der Waals surface area contributed by atoms with Crippen molar-refractivity contribution in [3.8, 4) is 0 Å². The molecule has 7 heteroatoms. The van der Waals surface area contributed by atoms with Crippen LogP contribution in [0.3, 0.4) is 0 Å². The largest absolute Gasteiger partial charge is 0.355 e. The van der Waals surface area contributed by atoms with E-state index >= 15 is 0 Å². The third-order valence-corrected chi connectivity index (χ3v) is 6.05. The van der Waals surface area contributed by atoms with Crippen LogP contribution >= 0.6 is 0 Å². The number of aryl methyl sites for hydroxylation is 2. The van der Waals surface area contributed by atoms with Gasteiger partial charge in [-0.25, -0.2) is 0 Å². The van der Waals surface area contributed by atoms with Crippen LogP contribution in [0.1, 0.15) is 68.7 Å². The molecule has 5 rings (SSSR count). The minimum atomic E-state index is 0.00529. The summed E-state index contributed by atoms with van der Waals surface area (Å²) in [5, 5.41) is 22.6. The van der Waals surface area contributed by atoms with Crippen LogP contribution in [0.4, 0.5) is 5.82 Å². The molecule has 0 spiro atoms. The molecule has 3 aromatic heterocycles. The first-order valence-corrected chi connectivity index (χ1v) is 10.3. The molecule has 2 aliphatic rings. The van der Waals surface area contributed by atoms with Crippen LogP contribution in [0, 0.1) is 0 Å². The molecule has 7 nitrogen and oxygen atoms in total. The smallest absolute Gasteiger partial charge is 0.177 e. The second-order valence-electron chi connectivity index (χ2n) is 9.09. The quantitative estimate of drug-likeness (QED) is 0.683. The Morgan fingerprint density at radius 2 is 1.79 bits per heavy atom. The SMILES string of the molecule is CC(C)(C)c1ccc2nnc(C3CCN(c4cc5c(nn4)CCC5)CC3)n2n1. The van der Waals surface area contributed by atoms with Crippen LogP contribution in [0.25, 0.3) is 5.65 Å². The molecule has 0 saturated carbocycles. The highest BCUT2D eigenvalue weighted by Gasteiger charge is 2.27. The summed E-state index contributed by atoms with van der Waals surface area (Å²) in [5.74, 6) is 2.38. The minimum Gasteiger partial charge on any atom is -0.355 e. The maximum Gasteiger partial charge on any atom is 0.177 e. The van der Waals surface area contributed by atoms with E-state index in [1.807, 2.05) is 10.6 Å². The molecule has 3 aromatic rings. The average Bonchev–Trinajstić information content (AvgIpc) is 3.33. The third-order valence-electron chi connectivity index (χ3n) is 6.05. The molecule has 4 heterocycles. The Morgan fingerprint density at radius 3 is 2.57 bits per heavy atom. The van der Waals surface area contributed by atoms with Gasteiger partial charge < -0.3 is 4.90 Å². The Bertz CT molecular complexity index is 1010. The van der Waals surface area contributed by atoms with Crippen LogP contribution < -0.4 is 4.90 Å². The number of hydrogen-bond donors (Lipinski definition) is 0. The Kier molecular flexibility index (Phi) is 4.07. The average molecular weight is 377 g/mol. The van der Waals surface area contributed by atoms with Crippen molar-refractivity contribution in [3.05, 3.63) is 41.0 Å². The van der Waals surface area contributed by atoms with Gasteiger partial charge in [0.05, 0.1) is 11.4 Å². The Morgan fingerprint density at radius 1 is 0.964 bits per heavy atom. The van der Waals surface area contributed by atoms with Crippen molar-refractivity contribution in [2.75, 3.05) is 18.0 Å². The number of rotatable bonds is 2. The highest BCUT2D eigenvalue weighted by Crippen LogP contribution is 2.31. The Labute approximate surface area is 165 Å². The van der Waals surface area contributed by atoms with Crippen molar-refractivity contribution in [1.82, 2.24) is 30.0 Å². The van der Waals surface area contributed by atoms with Crippen LogP contribution in [0.5, 0.6) is 0 Å². The lowest BCUT2D eigenvalue weighted by Gasteiger charge is -2.31. The maximum atomic E-state index is 4.85. The second-order valence-corrected chi connectivity index (χ2v) is 9.09. The molecule has 0 N–H and O–H groups in total. The van der Waals surface area contributed by atoms with Crippen molar-refractivity contribution < 1.29 is 0 Å². The maximum absolute atomic E-state index is 4.85. The van der Waals surface area contributed by atoms with Crippen molar-refractivity contribution in [2.45, 2.75) is 64.2 Å². The van der Waals surface area contributed by atoms with E-state index in [2.05, 4.69) is 58.2 Å². The van der Waals surface area contributed by atoms with Gasteiger partial charge in [-0.05, 0) is 55.9 Å². The van der Waals surface area contributed by atoms with E-state index in [1.54, 1.807) is 0 Å².